The molecule has 2 rings (SSSR count). The van der Waals surface area contributed by atoms with Crippen LogP contribution in [-0.4, -0.2) is 17.6 Å². The van der Waals surface area contributed by atoms with Crippen molar-refractivity contribution in [1.29, 1.82) is 0 Å². The Balaban J connectivity index is 2.44. The quantitative estimate of drug-likeness (QED) is 0.831. The number of aromatic nitrogens is 1. The molecule has 1 aromatic heterocycles. The summed E-state index contributed by atoms with van der Waals surface area (Å²) in [7, 11) is 0. The Labute approximate surface area is 100 Å². The summed E-state index contributed by atoms with van der Waals surface area (Å²) in [5.41, 5.74) is 2.73. The summed E-state index contributed by atoms with van der Waals surface area (Å²) in [6, 6.07) is 7.54. The first-order valence-electron chi connectivity index (χ1n) is 5.61. The van der Waals surface area contributed by atoms with Gasteiger partial charge >= 0.3 is 6.03 Å². The van der Waals surface area contributed by atoms with Gasteiger partial charge in [0.15, 0.2) is 0 Å². The van der Waals surface area contributed by atoms with Crippen molar-refractivity contribution < 1.29 is 4.79 Å². The number of amides is 2. The highest BCUT2D eigenvalue weighted by atomic mass is 16.2. The molecule has 1 heterocycles. The van der Waals surface area contributed by atoms with Crippen molar-refractivity contribution in [1.82, 2.24) is 10.3 Å². The van der Waals surface area contributed by atoms with Crippen LogP contribution >= 0.6 is 0 Å². The number of pyridine rings is 1. The fraction of sp³-hybridized carbons (Fsp3) is 0.231. The van der Waals surface area contributed by atoms with Gasteiger partial charge in [0.2, 0.25) is 0 Å². The van der Waals surface area contributed by atoms with Crippen LogP contribution in [0, 0.1) is 6.92 Å². The number of nitrogens with one attached hydrogen (secondary N) is 2. The summed E-state index contributed by atoms with van der Waals surface area (Å²) < 4.78 is 0. The van der Waals surface area contributed by atoms with E-state index in [2.05, 4.69) is 15.6 Å². The Hall–Kier alpha value is -2.10. The van der Waals surface area contributed by atoms with Gasteiger partial charge < -0.3 is 10.6 Å². The van der Waals surface area contributed by atoms with Crippen LogP contribution in [-0.2, 0) is 0 Å². The Bertz CT molecular complexity index is 551. The summed E-state index contributed by atoms with van der Waals surface area (Å²) >= 11 is 0. The summed E-state index contributed by atoms with van der Waals surface area (Å²) in [5.74, 6) is 0. The zero-order valence-corrected chi connectivity index (χ0v) is 9.95. The predicted octanol–water partition coefficient (Wildman–Crippen LogP) is 2.68. The molecule has 0 radical (unpaired) electrons. The molecule has 0 atom stereocenters. The molecule has 0 aliphatic carbocycles. The molecule has 4 heteroatoms. The van der Waals surface area contributed by atoms with Crippen molar-refractivity contribution in [3.05, 3.63) is 36.0 Å². The number of rotatable bonds is 2. The van der Waals surface area contributed by atoms with Crippen molar-refractivity contribution in [2.24, 2.45) is 0 Å². The second-order valence-electron chi connectivity index (χ2n) is 3.81. The lowest BCUT2D eigenvalue weighted by atomic mass is 10.1. The lowest BCUT2D eigenvalue weighted by molar-refractivity contribution is 0.252. The fourth-order valence-electron chi connectivity index (χ4n) is 1.75. The maximum absolute atomic E-state index is 11.6. The number of nitrogens with zero attached hydrogens (tertiary/aromatic N) is 1. The van der Waals surface area contributed by atoms with Gasteiger partial charge in [-0.3, -0.25) is 4.98 Å². The molecular formula is C13H15N3O. The molecule has 0 unspecified atom stereocenters. The lowest BCUT2D eigenvalue weighted by Gasteiger charge is -2.11. The molecule has 0 saturated heterocycles. The molecule has 0 aliphatic heterocycles. The molecule has 4 nitrogen and oxygen atoms in total. The molecule has 2 aromatic rings. The van der Waals surface area contributed by atoms with E-state index < -0.39 is 0 Å². The molecule has 0 aliphatic rings. The predicted molar refractivity (Wildman–Crippen MR) is 69.2 cm³/mol. The minimum absolute atomic E-state index is 0.188. The highest BCUT2D eigenvalue weighted by Crippen LogP contribution is 2.25. The van der Waals surface area contributed by atoms with Gasteiger partial charge in [-0.25, -0.2) is 4.79 Å². The van der Waals surface area contributed by atoms with Gasteiger partial charge in [0, 0.05) is 18.1 Å². The van der Waals surface area contributed by atoms with Crippen LogP contribution in [0.1, 0.15) is 12.5 Å². The van der Waals surface area contributed by atoms with Crippen molar-refractivity contribution in [3.63, 3.8) is 0 Å². The average Bonchev–Trinajstić information content (AvgIpc) is 2.33. The van der Waals surface area contributed by atoms with Crippen molar-refractivity contribution >= 4 is 22.6 Å². The Kier molecular flexibility index (Phi) is 3.23. The Morgan fingerprint density at radius 2 is 2.18 bits per heavy atom. The van der Waals surface area contributed by atoms with Gasteiger partial charge in [0.05, 0.1) is 11.2 Å². The zero-order chi connectivity index (χ0) is 12.3. The maximum atomic E-state index is 11.6. The molecule has 2 amide bonds. The monoisotopic (exact) mass is 229 g/mol. The van der Waals surface area contributed by atoms with Crippen molar-refractivity contribution in [2.45, 2.75) is 13.8 Å². The summed E-state index contributed by atoms with van der Waals surface area (Å²) in [5, 5.41) is 6.54. The Morgan fingerprint density at radius 3 is 2.94 bits per heavy atom. The second kappa shape index (κ2) is 4.82. The Morgan fingerprint density at radius 1 is 1.35 bits per heavy atom. The van der Waals surface area contributed by atoms with E-state index in [0.717, 1.165) is 22.2 Å². The molecule has 0 spiro atoms. The van der Waals surface area contributed by atoms with Crippen LogP contribution in [0.25, 0.3) is 10.9 Å². The number of aryl methyl sites for hydroxylation is 1. The van der Waals surface area contributed by atoms with Gasteiger partial charge in [-0.1, -0.05) is 6.07 Å². The smallest absolute Gasteiger partial charge is 0.319 e. The first-order chi connectivity index (χ1) is 8.22. The van der Waals surface area contributed by atoms with Crippen LogP contribution in [0.4, 0.5) is 10.5 Å². The highest BCUT2D eigenvalue weighted by molar-refractivity contribution is 6.01. The van der Waals surface area contributed by atoms with Crippen LogP contribution in [0.2, 0.25) is 0 Å². The van der Waals surface area contributed by atoms with Crippen LogP contribution in [0.5, 0.6) is 0 Å². The van der Waals surface area contributed by atoms with Crippen LogP contribution < -0.4 is 10.6 Å². The van der Waals surface area contributed by atoms with E-state index in [1.807, 2.05) is 38.1 Å². The standard InChI is InChI=1S/C13H15N3O/c1-3-14-13(17)16-12-9(2)6-7-11-10(12)5-4-8-15-11/h4-8H,3H2,1-2H3,(H2,14,16,17). The van der Waals surface area contributed by atoms with E-state index in [0.29, 0.717) is 6.54 Å². The molecule has 0 saturated carbocycles. The number of fused-ring (bicyclic) bond motifs is 1. The number of carbonyl (C=O) groups is 1. The van der Waals surface area contributed by atoms with E-state index in [1.54, 1.807) is 6.20 Å². The number of carbonyl (C=O) groups excluding carboxylic acids is 1. The van der Waals surface area contributed by atoms with Gasteiger partial charge in [0.25, 0.3) is 0 Å². The van der Waals surface area contributed by atoms with E-state index in [4.69, 9.17) is 0 Å². The summed E-state index contributed by atoms with van der Waals surface area (Å²) in [6.45, 7) is 4.46. The molecular weight excluding hydrogens is 214 g/mol. The molecule has 1 aromatic carbocycles. The van der Waals surface area contributed by atoms with E-state index in [9.17, 15) is 4.79 Å². The normalized spacial score (nSPS) is 10.2. The number of anilines is 1. The van der Waals surface area contributed by atoms with Crippen molar-refractivity contribution in [3.8, 4) is 0 Å². The molecule has 88 valence electrons. The average molecular weight is 229 g/mol. The first-order valence-corrected chi connectivity index (χ1v) is 5.61. The molecule has 2 N–H and O–H groups in total. The molecule has 0 bridgehead atoms. The third kappa shape index (κ3) is 2.36. The first kappa shape index (κ1) is 11.4. The third-order valence-electron chi connectivity index (χ3n) is 2.57. The van der Waals surface area contributed by atoms with E-state index in [-0.39, 0.29) is 6.03 Å². The van der Waals surface area contributed by atoms with Crippen molar-refractivity contribution in [2.75, 3.05) is 11.9 Å². The minimum atomic E-state index is -0.188. The van der Waals surface area contributed by atoms with Gasteiger partial charge in [-0.15, -0.1) is 0 Å². The van der Waals surface area contributed by atoms with E-state index >= 15 is 0 Å². The fourth-order valence-corrected chi connectivity index (χ4v) is 1.75. The van der Waals surface area contributed by atoms with Gasteiger partial charge in [0.1, 0.15) is 0 Å². The van der Waals surface area contributed by atoms with Gasteiger partial charge in [-0.2, -0.15) is 0 Å². The number of hydrogen-bond acceptors (Lipinski definition) is 2. The lowest BCUT2D eigenvalue weighted by Crippen LogP contribution is -2.28. The number of urea groups is 1. The SMILES string of the molecule is CCNC(=O)Nc1c(C)ccc2ncccc12. The van der Waals surface area contributed by atoms with Gasteiger partial charge in [-0.05, 0) is 37.6 Å². The van der Waals surface area contributed by atoms with Crippen LogP contribution in [0.3, 0.4) is 0 Å². The minimum Gasteiger partial charge on any atom is -0.338 e. The second-order valence-corrected chi connectivity index (χ2v) is 3.81. The largest absolute Gasteiger partial charge is 0.338 e. The highest BCUT2D eigenvalue weighted by Gasteiger charge is 2.07. The molecule has 0 fully saturated rings. The van der Waals surface area contributed by atoms with E-state index in [1.165, 1.54) is 0 Å². The maximum Gasteiger partial charge on any atom is 0.319 e. The number of hydrogen-bond donors (Lipinski definition) is 2. The summed E-state index contributed by atoms with van der Waals surface area (Å²) in [4.78, 5) is 15.8. The third-order valence-corrected chi connectivity index (χ3v) is 2.57. The van der Waals surface area contributed by atoms with Crippen LogP contribution in [0.15, 0.2) is 30.5 Å². The summed E-state index contributed by atoms with van der Waals surface area (Å²) in [6.07, 6.45) is 1.74. The topological polar surface area (TPSA) is 54.0 Å². The molecule has 17 heavy (non-hydrogen) atoms. The zero-order valence-electron chi connectivity index (χ0n) is 9.95. The number of benzene rings is 1.